The molecule has 2 aliphatic heterocycles. The lowest BCUT2D eigenvalue weighted by Gasteiger charge is -2.38. The van der Waals surface area contributed by atoms with Gasteiger partial charge in [0, 0.05) is 19.1 Å². The molecule has 3 rings (SSSR count). The largest absolute Gasteiger partial charge is 0.445 e. The van der Waals surface area contributed by atoms with E-state index in [1.54, 1.807) is 9.80 Å². The molecular formula is C21H30N2O5. The minimum absolute atomic E-state index is 0.0286. The fourth-order valence-electron chi connectivity index (χ4n) is 4.08. The Hall–Kier alpha value is -2.28. The van der Waals surface area contributed by atoms with Gasteiger partial charge in [-0.25, -0.2) is 9.59 Å². The lowest BCUT2D eigenvalue weighted by atomic mass is 9.92. The van der Waals surface area contributed by atoms with Crippen LogP contribution in [0.1, 0.15) is 39.2 Å². The molecule has 0 aromatic heterocycles. The molecule has 154 valence electrons. The second-order valence-corrected chi connectivity index (χ2v) is 8.56. The average Bonchev–Trinajstić information content (AvgIpc) is 3.03. The molecule has 1 N–H and O–H groups in total. The van der Waals surface area contributed by atoms with Crippen LogP contribution in [0.2, 0.25) is 0 Å². The summed E-state index contributed by atoms with van der Waals surface area (Å²) in [7, 11) is 0. The van der Waals surface area contributed by atoms with Crippen molar-refractivity contribution in [3.05, 3.63) is 35.9 Å². The van der Waals surface area contributed by atoms with Crippen molar-refractivity contribution >= 4 is 12.2 Å². The van der Waals surface area contributed by atoms with E-state index in [-0.39, 0.29) is 37.3 Å². The highest BCUT2D eigenvalue weighted by Gasteiger charge is 2.47. The molecule has 28 heavy (non-hydrogen) atoms. The fourth-order valence-corrected chi connectivity index (χ4v) is 4.08. The Morgan fingerprint density at radius 2 is 1.89 bits per heavy atom. The number of benzene rings is 1. The zero-order valence-electron chi connectivity index (χ0n) is 16.8. The SMILES string of the molecule is CC(C)(C)OC(=O)N1CC[C@H]2[C@H](C[C@@H](CO)N2C(=O)OCc2ccccc2)C1. The number of amides is 2. The Bertz CT molecular complexity index is 688. The predicted molar refractivity (Wildman–Crippen MR) is 104 cm³/mol. The summed E-state index contributed by atoms with van der Waals surface area (Å²) in [6.07, 6.45) is 0.583. The summed E-state index contributed by atoms with van der Waals surface area (Å²) in [5.74, 6) is 0.114. The molecule has 0 aliphatic carbocycles. The molecule has 7 nitrogen and oxygen atoms in total. The Morgan fingerprint density at radius 3 is 2.54 bits per heavy atom. The molecule has 2 saturated heterocycles. The number of hydrogen-bond acceptors (Lipinski definition) is 5. The van der Waals surface area contributed by atoms with Gasteiger partial charge in [-0.15, -0.1) is 0 Å². The van der Waals surface area contributed by atoms with E-state index in [1.807, 2.05) is 51.1 Å². The summed E-state index contributed by atoms with van der Waals surface area (Å²) in [5, 5.41) is 9.79. The normalized spacial score (nSPS) is 24.6. The highest BCUT2D eigenvalue weighted by molar-refractivity contribution is 5.70. The molecule has 7 heteroatoms. The summed E-state index contributed by atoms with van der Waals surface area (Å²) in [6.45, 7) is 6.68. The van der Waals surface area contributed by atoms with Gasteiger partial charge in [-0.05, 0) is 45.1 Å². The first-order valence-electron chi connectivity index (χ1n) is 9.86. The summed E-state index contributed by atoms with van der Waals surface area (Å²) in [4.78, 5) is 28.5. The van der Waals surface area contributed by atoms with Crippen LogP contribution >= 0.6 is 0 Å². The minimum Gasteiger partial charge on any atom is -0.445 e. The van der Waals surface area contributed by atoms with Crippen LogP contribution < -0.4 is 0 Å². The maximum atomic E-state index is 12.7. The Morgan fingerprint density at radius 1 is 1.18 bits per heavy atom. The molecule has 0 bridgehead atoms. The number of aliphatic hydroxyl groups is 1. The first kappa shape index (κ1) is 20.5. The van der Waals surface area contributed by atoms with Gasteiger partial charge in [-0.2, -0.15) is 0 Å². The number of ether oxygens (including phenoxy) is 2. The molecule has 2 aliphatic rings. The fraction of sp³-hybridized carbons (Fsp3) is 0.619. The molecule has 0 saturated carbocycles. The molecule has 1 aromatic rings. The lowest BCUT2D eigenvalue weighted by Crippen LogP contribution is -2.51. The number of hydrogen-bond donors (Lipinski definition) is 1. The first-order chi connectivity index (χ1) is 13.3. The third-order valence-electron chi connectivity index (χ3n) is 5.30. The topological polar surface area (TPSA) is 79.3 Å². The van der Waals surface area contributed by atoms with Gasteiger partial charge in [0.2, 0.25) is 0 Å². The van der Waals surface area contributed by atoms with Gasteiger partial charge in [0.15, 0.2) is 0 Å². The van der Waals surface area contributed by atoms with Crippen LogP contribution in [0, 0.1) is 5.92 Å². The van der Waals surface area contributed by atoms with Crippen molar-refractivity contribution in [3.63, 3.8) is 0 Å². The average molecular weight is 390 g/mol. The van der Waals surface area contributed by atoms with Crippen LogP contribution in [-0.2, 0) is 16.1 Å². The van der Waals surface area contributed by atoms with Crippen molar-refractivity contribution in [2.75, 3.05) is 19.7 Å². The Labute approximate surface area is 166 Å². The van der Waals surface area contributed by atoms with Gasteiger partial charge in [-0.1, -0.05) is 30.3 Å². The van der Waals surface area contributed by atoms with E-state index >= 15 is 0 Å². The zero-order chi connectivity index (χ0) is 20.3. The molecular weight excluding hydrogens is 360 g/mol. The second kappa shape index (κ2) is 8.39. The highest BCUT2D eigenvalue weighted by atomic mass is 16.6. The highest BCUT2D eigenvalue weighted by Crippen LogP contribution is 2.36. The number of aliphatic hydroxyl groups excluding tert-OH is 1. The van der Waals surface area contributed by atoms with E-state index in [1.165, 1.54) is 0 Å². The van der Waals surface area contributed by atoms with Crippen molar-refractivity contribution in [2.24, 2.45) is 5.92 Å². The molecule has 0 unspecified atom stereocenters. The minimum atomic E-state index is -0.537. The van der Waals surface area contributed by atoms with E-state index in [9.17, 15) is 14.7 Å². The monoisotopic (exact) mass is 390 g/mol. The van der Waals surface area contributed by atoms with E-state index < -0.39 is 11.7 Å². The summed E-state index contributed by atoms with van der Waals surface area (Å²) in [6, 6.07) is 9.22. The number of nitrogens with zero attached hydrogens (tertiary/aromatic N) is 2. The summed E-state index contributed by atoms with van der Waals surface area (Å²) in [5.41, 5.74) is 0.386. The van der Waals surface area contributed by atoms with Crippen LogP contribution in [0.5, 0.6) is 0 Å². The van der Waals surface area contributed by atoms with Gasteiger partial charge in [0.1, 0.15) is 12.2 Å². The van der Waals surface area contributed by atoms with E-state index in [2.05, 4.69) is 0 Å². The molecule has 3 atom stereocenters. The zero-order valence-corrected chi connectivity index (χ0v) is 16.8. The Balaban J connectivity index is 1.61. The molecule has 2 heterocycles. The summed E-state index contributed by atoms with van der Waals surface area (Å²) < 4.78 is 11.0. The van der Waals surface area contributed by atoms with Crippen LogP contribution in [0.3, 0.4) is 0 Å². The Kier molecular flexibility index (Phi) is 6.13. The summed E-state index contributed by atoms with van der Waals surface area (Å²) >= 11 is 0. The molecule has 2 amide bonds. The maximum absolute atomic E-state index is 12.7. The quantitative estimate of drug-likeness (QED) is 0.858. The van der Waals surface area contributed by atoms with Crippen molar-refractivity contribution in [1.82, 2.24) is 9.80 Å². The van der Waals surface area contributed by atoms with E-state index in [0.29, 0.717) is 25.9 Å². The molecule has 2 fully saturated rings. The number of likely N-dealkylation sites (tertiary alicyclic amines) is 2. The van der Waals surface area contributed by atoms with Gasteiger partial charge in [-0.3, -0.25) is 4.90 Å². The van der Waals surface area contributed by atoms with E-state index in [0.717, 1.165) is 5.56 Å². The number of carbonyl (C=O) groups excluding carboxylic acids is 2. The van der Waals surface area contributed by atoms with Crippen molar-refractivity contribution in [3.8, 4) is 0 Å². The second-order valence-electron chi connectivity index (χ2n) is 8.56. The van der Waals surface area contributed by atoms with Crippen molar-refractivity contribution < 1.29 is 24.2 Å². The van der Waals surface area contributed by atoms with Gasteiger partial charge < -0.3 is 19.5 Å². The standard InChI is InChI=1S/C21H30N2O5/c1-21(2,3)28-19(25)22-10-9-18-16(12-22)11-17(13-24)23(18)20(26)27-14-15-7-5-4-6-8-15/h4-8,16-18,24H,9-14H2,1-3H3/t16-,17+,18+/m1/s1. The number of rotatable bonds is 3. The third-order valence-corrected chi connectivity index (χ3v) is 5.30. The van der Waals surface area contributed by atoms with Gasteiger partial charge in [0.05, 0.1) is 12.6 Å². The number of piperidine rings is 1. The smallest absolute Gasteiger partial charge is 0.410 e. The molecule has 0 spiro atoms. The number of carbonyl (C=O) groups is 2. The third kappa shape index (κ3) is 4.76. The van der Waals surface area contributed by atoms with Crippen molar-refractivity contribution in [1.29, 1.82) is 0 Å². The number of fused-ring (bicyclic) bond motifs is 1. The molecule has 0 radical (unpaired) electrons. The van der Waals surface area contributed by atoms with Crippen LogP contribution in [-0.4, -0.2) is 64.5 Å². The van der Waals surface area contributed by atoms with Gasteiger partial charge >= 0.3 is 12.2 Å². The van der Waals surface area contributed by atoms with Crippen LogP contribution in [0.4, 0.5) is 9.59 Å². The maximum Gasteiger partial charge on any atom is 0.410 e. The van der Waals surface area contributed by atoms with E-state index in [4.69, 9.17) is 9.47 Å². The predicted octanol–water partition coefficient (Wildman–Crippen LogP) is 3.02. The van der Waals surface area contributed by atoms with Crippen molar-refractivity contribution in [2.45, 2.75) is 57.9 Å². The van der Waals surface area contributed by atoms with Crippen LogP contribution in [0.15, 0.2) is 30.3 Å². The lowest BCUT2D eigenvalue weighted by molar-refractivity contribution is 0.00952. The first-order valence-corrected chi connectivity index (χ1v) is 9.86. The van der Waals surface area contributed by atoms with Gasteiger partial charge in [0.25, 0.3) is 0 Å². The van der Waals surface area contributed by atoms with Crippen LogP contribution in [0.25, 0.3) is 0 Å². The molecule has 1 aromatic carbocycles.